The van der Waals surface area contributed by atoms with Gasteiger partial charge in [0.05, 0.1) is 13.2 Å². The van der Waals surface area contributed by atoms with E-state index < -0.39 is 0 Å². The van der Waals surface area contributed by atoms with Crippen LogP contribution in [0.15, 0.2) is 48.5 Å². The highest BCUT2D eigenvalue weighted by molar-refractivity contribution is 5.89. The third-order valence-electron chi connectivity index (χ3n) is 6.29. The molecule has 2 aliphatic rings. The number of ether oxygens (including phenoxy) is 1. The number of benzene rings is 2. The van der Waals surface area contributed by atoms with E-state index in [1.807, 2.05) is 47.4 Å². The fraction of sp³-hybridized carbons (Fsp3) is 0.440. The molecule has 2 aliphatic heterocycles. The monoisotopic (exact) mass is 436 g/mol. The fourth-order valence-electron chi connectivity index (χ4n) is 4.58. The summed E-state index contributed by atoms with van der Waals surface area (Å²) in [4.78, 5) is 28.7. The summed E-state index contributed by atoms with van der Waals surface area (Å²) < 4.78 is 5.57. The molecule has 32 heavy (non-hydrogen) atoms. The van der Waals surface area contributed by atoms with Crippen LogP contribution in [-0.2, 0) is 11.3 Å². The molecular formula is C25H32N4O3. The molecule has 4 rings (SSSR count). The van der Waals surface area contributed by atoms with E-state index >= 15 is 0 Å². The number of nitrogens with zero attached hydrogens (tertiary/aromatic N) is 2. The Balaban J connectivity index is 1.34. The Kier molecular flexibility index (Phi) is 7.27. The molecule has 170 valence electrons. The number of anilines is 1. The van der Waals surface area contributed by atoms with Crippen molar-refractivity contribution in [2.75, 3.05) is 38.6 Å². The van der Waals surface area contributed by atoms with Crippen molar-refractivity contribution < 1.29 is 14.3 Å². The minimum absolute atomic E-state index is 0.0692. The smallest absolute Gasteiger partial charge is 0.319 e. The quantitative estimate of drug-likeness (QED) is 0.661. The van der Waals surface area contributed by atoms with E-state index in [-0.39, 0.29) is 18.0 Å². The van der Waals surface area contributed by atoms with Crippen molar-refractivity contribution in [2.24, 2.45) is 0 Å². The molecule has 1 unspecified atom stereocenters. The molecule has 2 saturated heterocycles. The number of nitrogens with one attached hydrogen (secondary N) is 2. The molecule has 2 heterocycles. The average molecular weight is 437 g/mol. The molecule has 7 heteroatoms. The van der Waals surface area contributed by atoms with E-state index in [9.17, 15) is 9.59 Å². The van der Waals surface area contributed by atoms with E-state index in [2.05, 4.69) is 21.6 Å². The van der Waals surface area contributed by atoms with Crippen LogP contribution in [0.2, 0.25) is 0 Å². The Morgan fingerprint density at radius 3 is 2.47 bits per heavy atom. The van der Waals surface area contributed by atoms with Crippen molar-refractivity contribution in [3.8, 4) is 5.75 Å². The second-order valence-electron chi connectivity index (χ2n) is 8.45. The maximum atomic E-state index is 12.6. The predicted molar refractivity (Wildman–Crippen MR) is 125 cm³/mol. The van der Waals surface area contributed by atoms with Crippen LogP contribution in [0, 0.1) is 0 Å². The van der Waals surface area contributed by atoms with Gasteiger partial charge in [-0.3, -0.25) is 9.69 Å². The van der Waals surface area contributed by atoms with Crippen molar-refractivity contribution in [3.05, 3.63) is 59.7 Å². The second kappa shape index (κ2) is 10.5. The summed E-state index contributed by atoms with van der Waals surface area (Å²) >= 11 is 0. The van der Waals surface area contributed by atoms with Gasteiger partial charge < -0.3 is 20.3 Å². The van der Waals surface area contributed by atoms with Crippen LogP contribution >= 0.6 is 0 Å². The minimum Gasteiger partial charge on any atom is -0.496 e. The zero-order chi connectivity index (χ0) is 22.3. The number of methoxy groups -OCH3 is 1. The number of hydrogen-bond donors (Lipinski definition) is 2. The van der Waals surface area contributed by atoms with Gasteiger partial charge in [0.15, 0.2) is 0 Å². The van der Waals surface area contributed by atoms with Gasteiger partial charge in [-0.15, -0.1) is 0 Å². The predicted octanol–water partition coefficient (Wildman–Crippen LogP) is 3.78. The van der Waals surface area contributed by atoms with Gasteiger partial charge in [0, 0.05) is 37.3 Å². The number of hydrogen-bond acceptors (Lipinski definition) is 4. The van der Waals surface area contributed by atoms with E-state index in [1.165, 1.54) is 12.8 Å². The van der Waals surface area contributed by atoms with Crippen LogP contribution in [0.3, 0.4) is 0 Å². The molecule has 2 aromatic carbocycles. The third-order valence-corrected chi connectivity index (χ3v) is 6.29. The van der Waals surface area contributed by atoms with E-state index in [0.717, 1.165) is 48.6 Å². The summed E-state index contributed by atoms with van der Waals surface area (Å²) in [6.45, 7) is 3.99. The van der Waals surface area contributed by atoms with Crippen molar-refractivity contribution in [1.82, 2.24) is 15.1 Å². The summed E-state index contributed by atoms with van der Waals surface area (Å²) in [6, 6.07) is 15.5. The summed E-state index contributed by atoms with van der Waals surface area (Å²) in [5.74, 6) is 1.06. The third kappa shape index (κ3) is 5.40. The summed E-state index contributed by atoms with van der Waals surface area (Å²) in [5, 5.41) is 5.95. The first-order valence-electron chi connectivity index (χ1n) is 11.4. The molecule has 0 radical (unpaired) electrons. The second-order valence-corrected chi connectivity index (χ2v) is 8.45. The van der Waals surface area contributed by atoms with Gasteiger partial charge in [0.25, 0.3) is 0 Å². The Morgan fingerprint density at radius 2 is 1.78 bits per heavy atom. The Labute approximate surface area is 189 Å². The zero-order valence-corrected chi connectivity index (χ0v) is 18.7. The SMILES string of the molecule is COc1ccccc1C(CNC(=O)Nc1ccc(CN2CCCC2=O)cc1)N1CCCC1. The molecule has 0 aromatic heterocycles. The van der Waals surface area contributed by atoms with E-state index in [4.69, 9.17) is 4.74 Å². The zero-order valence-electron chi connectivity index (χ0n) is 18.7. The normalized spacial score (nSPS) is 17.4. The summed E-state index contributed by atoms with van der Waals surface area (Å²) in [6.07, 6.45) is 3.93. The first-order valence-corrected chi connectivity index (χ1v) is 11.4. The van der Waals surface area contributed by atoms with Crippen LogP contribution in [0.1, 0.15) is 42.9 Å². The molecule has 0 spiro atoms. The van der Waals surface area contributed by atoms with Gasteiger partial charge in [-0.2, -0.15) is 0 Å². The molecule has 0 aliphatic carbocycles. The highest BCUT2D eigenvalue weighted by atomic mass is 16.5. The van der Waals surface area contributed by atoms with Gasteiger partial charge in [0.1, 0.15) is 5.75 Å². The van der Waals surface area contributed by atoms with Crippen LogP contribution < -0.4 is 15.4 Å². The largest absolute Gasteiger partial charge is 0.496 e. The number of amides is 3. The lowest BCUT2D eigenvalue weighted by Crippen LogP contribution is -2.38. The number of para-hydroxylation sites is 1. The molecule has 2 aromatic rings. The van der Waals surface area contributed by atoms with Gasteiger partial charge in [0.2, 0.25) is 5.91 Å². The number of carbonyl (C=O) groups is 2. The highest BCUT2D eigenvalue weighted by Crippen LogP contribution is 2.31. The Bertz CT molecular complexity index is 925. The maximum absolute atomic E-state index is 12.6. The van der Waals surface area contributed by atoms with Gasteiger partial charge in [-0.1, -0.05) is 30.3 Å². The van der Waals surface area contributed by atoms with Crippen LogP contribution in [0.25, 0.3) is 0 Å². The van der Waals surface area contributed by atoms with Crippen molar-refractivity contribution in [3.63, 3.8) is 0 Å². The Morgan fingerprint density at radius 1 is 1.03 bits per heavy atom. The molecule has 1 atom stereocenters. The molecule has 2 fully saturated rings. The van der Waals surface area contributed by atoms with Crippen LogP contribution in [0.5, 0.6) is 5.75 Å². The summed E-state index contributed by atoms with van der Waals surface area (Å²) in [7, 11) is 1.68. The number of rotatable bonds is 8. The Hall–Kier alpha value is -3.06. The molecule has 0 bridgehead atoms. The standard InChI is InChI=1S/C25H32N4O3/c1-32-23-8-3-2-7-21(23)22(28-14-4-5-15-28)17-26-25(31)27-20-12-10-19(11-13-20)18-29-16-6-9-24(29)30/h2-3,7-8,10-13,22H,4-6,9,14-18H2,1H3,(H2,26,27,31). The lowest BCUT2D eigenvalue weighted by atomic mass is 10.0. The molecule has 0 saturated carbocycles. The van der Waals surface area contributed by atoms with Crippen LogP contribution in [-0.4, -0.2) is 55.0 Å². The number of likely N-dealkylation sites (tertiary alicyclic amines) is 2. The van der Waals surface area contributed by atoms with Gasteiger partial charge >= 0.3 is 6.03 Å². The fourth-order valence-corrected chi connectivity index (χ4v) is 4.58. The van der Waals surface area contributed by atoms with Gasteiger partial charge in [-0.05, 0) is 56.1 Å². The van der Waals surface area contributed by atoms with E-state index in [0.29, 0.717) is 19.5 Å². The van der Waals surface area contributed by atoms with Crippen molar-refractivity contribution in [1.29, 1.82) is 0 Å². The highest BCUT2D eigenvalue weighted by Gasteiger charge is 2.26. The summed E-state index contributed by atoms with van der Waals surface area (Å²) in [5.41, 5.74) is 2.89. The van der Waals surface area contributed by atoms with Crippen LogP contribution in [0.4, 0.5) is 10.5 Å². The molecular weight excluding hydrogens is 404 g/mol. The lowest BCUT2D eigenvalue weighted by Gasteiger charge is -2.29. The molecule has 2 N–H and O–H groups in total. The van der Waals surface area contributed by atoms with Gasteiger partial charge in [-0.25, -0.2) is 4.79 Å². The number of urea groups is 1. The van der Waals surface area contributed by atoms with E-state index in [1.54, 1.807) is 7.11 Å². The van der Waals surface area contributed by atoms with Crippen molar-refractivity contribution >= 4 is 17.6 Å². The molecule has 7 nitrogen and oxygen atoms in total. The topological polar surface area (TPSA) is 73.9 Å². The minimum atomic E-state index is -0.230. The average Bonchev–Trinajstić information content (AvgIpc) is 3.48. The maximum Gasteiger partial charge on any atom is 0.319 e. The first-order chi connectivity index (χ1) is 15.6. The van der Waals surface area contributed by atoms with Crippen molar-refractivity contribution in [2.45, 2.75) is 38.3 Å². The number of carbonyl (C=O) groups excluding carboxylic acids is 2. The lowest BCUT2D eigenvalue weighted by molar-refractivity contribution is -0.128. The first kappa shape index (κ1) is 22.1. The molecule has 3 amide bonds.